The number of carbonyl (C=O) groups excluding carboxylic acids is 1. The van der Waals surface area contributed by atoms with Crippen molar-refractivity contribution < 1.29 is 4.79 Å². The highest BCUT2D eigenvalue weighted by molar-refractivity contribution is 6.35. The minimum atomic E-state index is -0.805. The minimum absolute atomic E-state index is 0.110. The molecule has 30 heavy (non-hydrogen) atoms. The van der Waals surface area contributed by atoms with Crippen LogP contribution in [-0.4, -0.2) is 32.7 Å². The van der Waals surface area contributed by atoms with Crippen LogP contribution < -0.4 is 0 Å². The quantitative estimate of drug-likeness (QED) is 0.661. The zero-order valence-corrected chi connectivity index (χ0v) is 19.2. The van der Waals surface area contributed by atoms with Crippen LogP contribution in [0.1, 0.15) is 71.4 Å². The number of carbonyl (C=O) groups is 1. The highest BCUT2D eigenvalue weighted by Crippen LogP contribution is 2.49. The van der Waals surface area contributed by atoms with Gasteiger partial charge in [-0.25, -0.2) is 0 Å². The summed E-state index contributed by atoms with van der Waals surface area (Å²) in [5, 5.41) is 15.4. The molecule has 3 atom stereocenters. The van der Waals surface area contributed by atoms with Crippen LogP contribution in [-0.2, 0) is 17.3 Å². The number of likely N-dealkylation sites (tertiary alicyclic amines) is 1. The van der Waals surface area contributed by atoms with Crippen molar-refractivity contribution in [3.05, 3.63) is 28.9 Å². The van der Waals surface area contributed by atoms with Crippen molar-refractivity contribution in [2.24, 2.45) is 12.5 Å². The Hall–Kier alpha value is -2.06. The van der Waals surface area contributed by atoms with E-state index in [-0.39, 0.29) is 23.4 Å². The first-order chi connectivity index (χ1) is 14.2. The number of benzene rings is 1. The summed E-state index contributed by atoms with van der Waals surface area (Å²) in [6.45, 7) is 6.30. The molecule has 2 fully saturated rings. The molecule has 0 radical (unpaired) electrons. The first-order valence-corrected chi connectivity index (χ1v) is 11.4. The van der Waals surface area contributed by atoms with Gasteiger partial charge in [0.25, 0.3) is 0 Å². The van der Waals surface area contributed by atoms with Gasteiger partial charge in [-0.05, 0) is 63.5 Å². The lowest BCUT2D eigenvalue weighted by Gasteiger charge is -2.54. The van der Waals surface area contributed by atoms with Crippen LogP contribution in [0.4, 0.5) is 0 Å². The molecule has 1 aromatic heterocycles. The molecule has 1 saturated heterocycles. The topological polar surface area (TPSA) is 61.9 Å². The van der Waals surface area contributed by atoms with Gasteiger partial charge >= 0.3 is 0 Å². The van der Waals surface area contributed by atoms with E-state index in [1.807, 2.05) is 43.8 Å². The number of fused-ring (bicyclic) bond motifs is 3. The SMILES string of the molecule is Cn1nc(C(C)(C)C(=O)N2C(CCC#N)CC3(C)CCCC2C3)c2c(Cl)cccc21. The normalized spacial score (nSPS) is 26.6. The molecule has 4 rings (SSSR count). The molecule has 3 unspecified atom stereocenters. The predicted molar refractivity (Wildman–Crippen MR) is 119 cm³/mol. The molecule has 1 aliphatic heterocycles. The van der Waals surface area contributed by atoms with Gasteiger partial charge in [0.05, 0.1) is 27.7 Å². The molecule has 1 aliphatic carbocycles. The van der Waals surface area contributed by atoms with E-state index in [0.717, 1.165) is 48.7 Å². The van der Waals surface area contributed by atoms with Gasteiger partial charge < -0.3 is 4.90 Å². The number of amides is 1. The van der Waals surface area contributed by atoms with Crippen molar-refractivity contribution in [3.63, 3.8) is 0 Å². The maximum absolute atomic E-state index is 14.1. The number of halogens is 1. The van der Waals surface area contributed by atoms with E-state index < -0.39 is 5.41 Å². The Morgan fingerprint density at radius 3 is 2.90 bits per heavy atom. The Balaban J connectivity index is 1.75. The summed E-state index contributed by atoms with van der Waals surface area (Å²) in [6, 6.07) is 8.41. The van der Waals surface area contributed by atoms with E-state index in [4.69, 9.17) is 16.7 Å². The van der Waals surface area contributed by atoms with Gasteiger partial charge in [-0.2, -0.15) is 10.4 Å². The predicted octanol–water partition coefficient (Wildman–Crippen LogP) is 5.36. The van der Waals surface area contributed by atoms with Gasteiger partial charge in [0.1, 0.15) is 0 Å². The fourth-order valence-corrected chi connectivity index (χ4v) is 6.12. The molecule has 0 spiro atoms. The van der Waals surface area contributed by atoms with Crippen LogP contribution in [0.15, 0.2) is 18.2 Å². The maximum Gasteiger partial charge on any atom is 0.234 e. The Morgan fingerprint density at radius 2 is 2.17 bits per heavy atom. The van der Waals surface area contributed by atoms with Gasteiger partial charge in [-0.15, -0.1) is 0 Å². The average molecular weight is 427 g/mol. The second-order valence-electron chi connectivity index (χ2n) is 10.1. The zero-order valence-electron chi connectivity index (χ0n) is 18.4. The van der Waals surface area contributed by atoms with Crippen LogP contribution in [0.3, 0.4) is 0 Å². The number of piperidine rings is 1. The molecule has 1 amide bonds. The van der Waals surface area contributed by atoms with Gasteiger partial charge in [-0.1, -0.05) is 31.0 Å². The highest BCUT2D eigenvalue weighted by atomic mass is 35.5. The highest BCUT2D eigenvalue weighted by Gasteiger charge is 2.49. The molecular formula is C24H31ClN4O. The number of rotatable bonds is 4. The van der Waals surface area contributed by atoms with Crippen molar-refractivity contribution in [2.75, 3.05) is 0 Å². The van der Waals surface area contributed by atoms with E-state index in [0.29, 0.717) is 11.4 Å². The van der Waals surface area contributed by atoms with Gasteiger partial charge in [0.15, 0.2) is 0 Å². The molecule has 0 N–H and O–H groups in total. The average Bonchev–Trinajstić information content (AvgIpc) is 3.04. The van der Waals surface area contributed by atoms with Crippen molar-refractivity contribution in [1.29, 1.82) is 5.26 Å². The summed E-state index contributed by atoms with van der Waals surface area (Å²) >= 11 is 6.56. The van der Waals surface area contributed by atoms with Crippen molar-refractivity contribution in [2.45, 2.75) is 83.2 Å². The molecule has 2 aromatic rings. The second kappa shape index (κ2) is 7.57. The van der Waals surface area contributed by atoms with E-state index >= 15 is 0 Å². The fraction of sp³-hybridized carbons (Fsp3) is 0.625. The lowest BCUT2D eigenvalue weighted by molar-refractivity contribution is -0.149. The summed E-state index contributed by atoms with van der Waals surface area (Å²) in [5.74, 6) is 0.110. The first-order valence-electron chi connectivity index (χ1n) is 11.0. The lowest BCUT2D eigenvalue weighted by Crippen LogP contribution is -2.60. The zero-order chi connectivity index (χ0) is 21.7. The third-order valence-corrected chi connectivity index (χ3v) is 7.65. The fourth-order valence-electron chi connectivity index (χ4n) is 5.86. The summed E-state index contributed by atoms with van der Waals surface area (Å²) in [6.07, 6.45) is 6.69. The number of aromatic nitrogens is 2. The minimum Gasteiger partial charge on any atom is -0.336 e. The Kier molecular flexibility index (Phi) is 5.34. The molecular weight excluding hydrogens is 396 g/mol. The van der Waals surface area contributed by atoms with Crippen LogP contribution in [0.5, 0.6) is 0 Å². The molecule has 5 nitrogen and oxygen atoms in total. The van der Waals surface area contributed by atoms with Crippen molar-refractivity contribution in [1.82, 2.24) is 14.7 Å². The molecule has 2 bridgehead atoms. The Morgan fingerprint density at radius 1 is 1.40 bits per heavy atom. The second-order valence-corrected chi connectivity index (χ2v) is 10.5. The number of nitrogens with zero attached hydrogens (tertiary/aromatic N) is 4. The summed E-state index contributed by atoms with van der Waals surface area (Å²) < 4.78 is 1.81. The van der Waals surface area contributed by atoms with E-state index in [2.05, 4.69) is 17.9 Å². The van der Waals surface area contributed by atoms with Crippen LogP contribution >= 0.6 is 11.6 Å². The number of nitriles is 1. The van der Waals surface area contributed by atoms with Crippen LogP contribution in [0.25, 0.3) is 10.9 Å². The summed E-state index contributed by atoms with van der Waals surface area (Å²) in [5.41, 5.74) is 1.15. The van der Waals surface area contributed by atoms with E-state index in [1.165, 1.54) is 6.42 Å². The van der Waals surface area contributed by atoms with Crippen molar-refractivity contribution in [3.8, 4) is 6.07 Å². The number of hydrogen-bond donors (Lipinski definition) is 0. The maximum atomic E-state index is 14.1. The molecule has 160 valence electrons. The third-order valence-electron chi connectivity index (χ3n) is 7.34. The lowest BCUT2D eigenvalue weighted by atomic mass is 9.65. The number of hydrogen-bond acceptors (Lipinski definition) is 3. The summed E-state index contributed by atoms with van der Waals surface area (Å²) in [7, 11) is 1.89. The van der Waals surface area contributed by atoms with Gasteiger partial charge in [-0.3, -0.25) is 9.48 Å². The van der Waals surface area contributed by atoms with Gasteiger partial charge in [0, 0.05) is 30.9 Å². The summed E-state index contributed by atoms with van der Waals surface area (Å²) in [4.78, 5) is 16.2. The van der Waals surface area contributed by atoms with E-state index in [9.17, 15) is 10.1 Å². The monoisotopic (exact) mass is 426 g/mol. The van der Waals surface area contributed by atoms with Crippen LogP contribution in [0.2, 0.25) is 5.02 Å². The number of aryl methyl sites for hydroxylation is 1. The molecule has 2 aliphatic rings. The van der Waals surface area contributed by atoms with E-state index in [1.54, 1.807) is 0 Å². The van der Waals surface area contributed by atoms with Crippen LogP contribution in [0, 0.1) is 16.7 Å². The molecule has 1 aromatic carbocycles. The molecule has 1 saturated carbocycles. The Bertz CT molecular complexity index is 1020. The Labute approximate surface area is 184 Å². The molecule has 2 heterocycles. The largest absolute Gasteiger partial charge is 0.336 e. The van der Waals surface area contributed by atoms with Gasteiger partial charge in [0.2, 0.25) is 5.91 Å². The smallest absolute Gasteiger partial charge is 0.234 e. The molecule has 6 heteroatoms. The third kappa shape index (κ3) is 3.39. The standard InChI is InChI=1S/C24H31ClN4O/c1-23(2,21-20-18(25)10-5-11-19(20)28(4)27-21)22(30)29-16-8-6-12-24(3,14-16)15-17(29)9-7-13-26/h5,10-11,16-17H,6-9,12,14-15H2,1-4H3. The van der Waals surface area contributed by atoms with Crippen molar-refractivity contribution >= 4 is 28.4 Å². The first kappa shape index (κ1) is 21.2.